The van der Waals surface area contributed by atoms with Gasteiger partial charge in [-0.25, -0.2) is 0 Å². The molecule has 4 N–H and O–H groups in total. The van der Waals surface area contributed by atoms with Crippen LogP contribution in [0.5, 0.6) is 0 Å². The van der Waals surface area contributed by atoms with Gasteiger partial charge in [0, 0.05) is 5.39 Å². The van der Waals surface area contributed by atoms with E-state index >= 15 is 0 Å². The lowest BCUT2D eigenvalue weighted by Gasteiger charge is -1.91. The summed E-state index contributed by atoms with van der Waals surface area (Å²) in [7, 11) is 0. The molecule has 0 atom stereocenters. The Labute approximate surface area is 80.5 Å². The van der Waals surface area contributed by atoms with Gasteiger partial charge in [0.2, 0.25) is 5.76 Å². The maximum Gasteiger partial charge on any atom is 0.286 e. The average Bonchev–Trinajstić information content (AvgIpc) is 2.44. The molecule has 1 amide bonds. The van der Waals surface area contributed by atoms with Crippen molar-refractivity contribution in [3.63, 3.8) is 0 Å². The van der Waals surface area contributed by atoms with Crippen molar-refractivity contribution in [2.45, 2.75) is 6.92 Å². The van der Waals surface area contributed by atoms with Gasteiger partial charge in [0.1, 0.15) is 5.58 Å². The minimum atomic E-state index is -0.642. The molecule has 2 aromatic rings. The summed E-state index contributed by atoms with van der Waals surface area (Å²) in [6.07, 6.45) is 0. The third-order valence-electron chi connectivity index (χ3n) is 2.11. The number of nitrogen functional groups attached to an aromatic ring is 1. The first-order valence-electron chi connectivity index (χ1n) is 4.18. The molecular weight excluding hydrogens is 180 g/mol. The SMILES string of the molecule is Cc1ccc2oc(C(N)=O)c(N)c2c1. The van der Waals surface area contributed by atoms with Crippen molar-refractivity contribution in [1.82, 2.24) is 0 Å². The van der Waals surface area contributed by atoms with Gasteiger partial charge in [-0.3, -0.25) is 4.79 Å². The van der Waals surface area contributed by atoms with Gasteiger partial charge < -0.3 is 15.9 Å². The average molecular weight is 190 g/mol. The van der Waals surface area contributed by atoms with E-state index in [0.717, 1.165) is 10.9 Å². The molecule has 0 fully saturated rings. The first-order valence-corrected chi connectivity index (χ1v) is 4.18. The summed E-state index contributed by atoms with van der Waals surface area (Å²) in [6.45, 7) is 1.94. The summed E-state index contributed by atoms with van der Waals surface area (Å²) in [5.41, 5.74) is 12.8. The van der Waals surface area contributed by atoms with Crippen LogP contribution in [0, 0.1) is 6.92 Å². The topological polar surface area (TPSA) is 82.2 Å². The molecule has 0 aliphatic carbocycles. The number of carbonyl (C=O) groups excluding carboxylic acids is 1. The van der Waals surface area contributed by atoms with E-state index in [1.807, 2.05) is 19.1 Å². The Morgan fingerprint density at radius 2 is 2.14 bits per heavy atom. The van der Waals surface area contributed by atoms with E-state index in [-0.39, 0.29) is 5.76 Å². The first-order chi connectivity index (χ1) is 6.59. The Hall–Kier alpha value is -1.97. The molecule has 0 radical (unpaired) electrons. The van der Waals surface area contributed by atoms with Crippen molar-refractivity contribution in [1.29, 1.82) is 0 Å². The number of hydrogen-bond donors (Lipinski definition) is 2. The highest BCUT2D eigenvalue weighted by atomic mass is 16.3. The molecule has 2 rings (SSSR count). The lowest BCUT2D eigenvalue weighted by atomic mass is 10.1. The normalized spacial score (nSPS) is 10.6. The smallest absolute Gasteiger partial charge is 0.286 e. The third kappa shape index (κ3) is 1.12. The maximum atomic E-state index is 10.9. The monoisotopic (exact) mass is 190 g/mol. The summed E-state index contributed by atoms with van der Waals surface area (Å²) in [6, 6.07) is 5.52. The molecule has 14 heavy (non-hydrogen) atoms. The number of fused-ring (bicyclic) bond motifs is 1. The fourth-order valence-corrected chi connectivity index (χ4v) is 1.41. The predicted octanol–water partition coefficient (Wildman–Crippen LogP) is 1.42. The molecule has 0 saturated carbocycles. The van der Waals surface area contributed by atoms with E-state index < -0.39 is 5.91 Å². The van der Waals surface area contributed by atoms with Crippen LogP contribution in [0.1, 0.15) is 16.1 Å². The molecule has 4 nitrogen and oxygen atoms in total. The van der Waals surface area contributed by atoms with E-state index in [9.17, 15) is 4.79 Å². The Kier molecular flexibility index (Phi) is 1.70. The molecular formula is C10H10N2O2. The van der Waals surface area contributed by atoms with Crippen LogP contribution >= 0.6 is 0 Å². The number of hydrogen-bond acceptors (Lipinski definition) is 3. The van der Waals surface area contributed by atoms with Gasteiger partial charge in [0.05, 0.1) is 5.69 Å². The molecule has 0 saturated heterocycles. The van der Waals surface area contributed by atoms with Gasteiger partial charge in [-0.15, -0.1) is 0 Å². The molecule has 1 heterocycles. The minimum Gasteiger partial charge on any atom is -0.449 e. The Morgan fingerprint density at radius 1 is 1.43 bits per heavy atom. The summed E-state index contributed by atoms with van der Waals surface area (Å²) < 4.78 is 5.22. The number of carbonyl (C=O) groups is 1. The van der Waals surface area contributed by atoms with Gasteiger partial charge >= 0.3 is 0 Å². The van der Waals surface area contributed by atoms with Crippen molar-refractivity contribution in [3.05, 3.63) is 29.5 Å². The summed E-state index contributed by atoms with van der Waals surface area (Å²) in [5, 5.41) is 0.735. The van der Waals surface area contributed by atoms with Crippen LogP contribution < -0.4 is 11.5 Å². The molecule has 0 aliphatic rings. The van der Waals surface area contributed by atoms with Crippen LogP contribution in [-0.4, -0.2) is 5.91 Å². The second kappa shape index (κ2) is 2.77. The summed E-state index contributed by atoms with van der Waals surface area (Å²) >= 11 is 0. The Bertz CT molecular complexity index is 514. The van der Waals surface area contributed by atoms with Crippen LogP contribution in [0.3, 0.4) is 0 Å². The van der Waals surface area contributed by atoms with E-state index in [4.69, 9.17) is 15.9 Å². The molecule has 0 bridgehead atoms. The maximum absolute atomic E-state index is 10.9. The van der Waals surface area contributed by atoms with E-state index in [1.54, 1.807) is 6.07 Å². The molecule has 1 aromatic carbocycles. The number of aryl methyl sites for hydroxylation is 1. The number of benzene rings is 1. The number of anilines is 1. The standard InChI is InChI=1S/C10H10N2O2/c1-5-2-3-7-6(4-5)8(11)9(14-7)10(12)13/h2-4H,11H2,1H3,(H2,12,13). The number of rotatable bonds is 1. The molecule has 72 valence electrons. The van der Waals surface area contributed by atoms with Crippen molar-refractivity contribution >= 4 is 22.6 Å². The van der Waals surface area contributed by atoms with Crippen LogP contribution in [0.25, 0.3) is 11.0 Å². The van der Waals surface area contributed by atoms with Crippen molar-refractivity contribution in [3.8, 4) is 0 Å². The minimum absolute atomic E-state index is 0.0330. The number of primary amides is 1. The highest BCUT2D eigenvalue weighted by Crippen LogP contribution is 2.28. The fourth-order valence-electron chi connectivity index (χ4n) is 1.41. The third-order valence-corrected chi connectivity index (χ3v) is 2.11. The highest BCUT2D eigenvalue weighted by molar-refractivity contribution is 6.04. The quantitative estimate of drug-likeness (QED) is 0.713. The van der Waals surface area contributed by atoms with Gasteiger partial charge in [-0.1, -0.05) is 11.6 Å². The van der Waals surface area contributed by atoms with Crippen LogP contribution in [0.2, 0.25) is 0 Å². The zero-order valence-corrected chi connectivity index (χ0v) is 7.70. The zero-order chi connectivity index (χ0) is 10.3. The Balaban J connectivity index is 2.80. The lowest BCUT2D eigenvalue weighted by Crippen LogP contribution is -2.11. The van der Waals surface area contributed by atoms with Crippen molar-refractivity contribution < 1.29 is 9.21 Å². The lowest BCUT2D eigenvalue weighted by molar-refractivity contribution is 0.0977. The van der Waals surface area contributed by atoms with Gasteiger partial charge in [0.15, 0.2) is 0 Å². The molecule has 0 unspecified atom stereocenters. The van der Waals surface area contributed by atoms with Gasteiger partial charge in [0.25, 0.3) is 5.91 Å². The summed E-state index contributed by atoms with van der Waals surface area (Å²) in [5.74, 6) is -0.609. The van der Waals surface area contributed by atoms with Crippen LogP contribution in [0.4, 0.5) is 5.69 Å². The van der Waals surface area contributed by atoms with Crippen molar-refractivity contribution in [2.75, 3.05) is 5.73 Å². The van der Waals surface area contributed by atoms with E-state index in [2.05, 4.69) is 0 Å². The highest BCUT2D eigenvalue weighted by Gasteiger charge is 2.15. The van der Waals surface area contributed by atoms with Gasteiger partial charge in [-0.2, -0.15) is 0 Å². The largest absolute Gasteiger partial charge is 0.449 e. The number of amides is 1. The first kappa shape index (κ1) is 8.62. The predicted molar refractivity (Wildman–Crippen MR) is 53.9 cm³/mol. The van der Waals surface area contributed by atoms with Crippen LogP contribution in [-0.2, 0) is 0 Å². The van der Waals surface area contributed by atoms with E-state index in [1.165, 1.54) is 0 Å². The number of furan rings is 1. The summed E-state index contributed by atoms with van der Waals surface area (Å²) in [4.78, 5) is 10.9. The molecule has 0 aliphatic heterocycles. The van der Waals surface area contributed by atoms with Crippen molar-refractivity contribution in [2.24, 2.45) is 5.73 Å². The number of nitrogens with two attached hydrogens (primary N) is 2. The second-order valence-corrected chi connectivity index (χ2v) is 3.21. The fraction of sp³-hybridized carbons (Fsp3) is 0.100. The Morgan fingerprint density at radius 3 is 2.79 bits per heavy atom. The molecule has 0 spiro atoms. The molecule has 4 heteroatoms. The molecule has 1 aromatic heterocycles. The van der Waals surface area contributed by atoms with Gasteiger partial charge in [-0.05, 0) is 19.1 Å². The van der Waals surface area contributed by atoms with Crippen LogP contribution in [0.15, 0.2) is 22.6 Å². The zero-order valence-electron chi connectivity index (χ0n) is 7.70. The van der Waals surface area contributed by atoms with E-state index in [0.29, 0.717) is 11.3 Å². The second-order valence-electron chi connectivity index (χ2n) is 3.21.